The van der Waals surface area contributed by atoms with Crippen molar-refractivity contribution in [2.45, 2.75) is 32.2 Å². The number of sulfone groups is 1. The topological polar surface area (TPSA) is 46.2 Å². The molecule has 0 aliphatic heterocycles. The van der Waals surface area contributed by atoms with Crippen LogP contribution >= 0.6 is 0 Å². The normalized spacial score (nSPS) is 14.6. The van der Waals surface area contributed by atoms with Crippen LogP contribution in [0.3, 0.4) is 0 Å². The lowest BCUT2D eigenvalue weighted by Crippen LogP contribution is -2.35. The molecule has 0 spiro atoms. The molecule has 0 amide bonds. The second kappa shape index (κ2) is 6.29. The zero-order valence-electron chi connectivity index (χ0n) is 8.46. The van der Waals surface area contributed by atoms with Gasteiger partial charge in [0, 0.05) is 12.0 Å². The zero-order valence-corrected chi connectivity index (χ0v) is 9.28. The summed E-state index contributed by atoms with van der Waals surface area (Å²) >= 11 is 0. The van der Waals surface area contributed by atoms with E-state index in [4.69, 9.17) is 0 Å². The molecule has 0 saturated heterocycles. The van der Waals surface area contributed by atoms with Crippen molar-refractivity contribution in [3.05, 3.63) is 0 Å². The van der Waals surface area contributed by atoms with Gasteiger partial charge in [-0.15, -0.1) is 0 Å². The first-order chi connectivity index (χ1) is 6.37. The number of nitrogens with one attached hydrogen (secondary N) is 1. The Morgan fingerprint density at radius 3 is 2.29 bits per heavy atom. The van der Waals surface area contributed by atoms with Crippen LogP contribution in [-0.4, -0.2) is 39.4 Å². The monoisotopic (exact) mass is 229 g/mol. The van der Waals surface area contributed by atoms with Gasteiger partial charge in [0.05, 0.1) is 6.04 Å². The predicted molar refractivity (Wildman–Crippen MR) is 52.4 cm³/mol. The number of halogens is 2. The van der Waals surface area contributed by atoms with Crippen LogP contribution in [0.25, 0.3) is 0 Å². The third-order valence-corrected chi connectivity index (χ3v) is 2.83. The molecule has 0 saturated carbocycles. The lowest BCUT2D eigenvalue weighted by atomic mass is 10.2. The summed E-state index contributed by atoms with van der Waals surface area (Å²) in [5, 5.41) is 2.62. The van der Waals surface area contributed by atoms with Gasteiger partial charge in [0.2, 0.25) is 0 Å². The highest BCUT2D eigenvalue weighted by molar-refractivity contribution is 7.90. The number of rotatable bonds is 7. The molecule has 0 aromatic rings. The van der Waals surface area contributed by atoms with Gasteiger partial charge < -0.3 is 5.32 Å². The quantitative estimate of drug-likeness (QED) is 0.710. The Hall–Kier alpha value is -0.230. The van der Waals surface area contributed by atoms with E-state index in [1.54, 1.807) is 6.92 Å². The highest BCUT2D eigenvalue weighted by Crippen LogP contribution is 2.08. The molecule has 0 aliphatic rings. The van der Waals surface area contributed by atoms with Crippen LogP contribution in [0, 0.1) is 0 Å². The third-order valence-electron chi connectivity index (χ3n) is 1.80. The van der Waals surface area contributed by atoms with Crippen LogP contribution in [0.2, 0.25) is 0 Å². The van der Waals surface area contributed by atoms with E-state index in [0.717, 1.165) is 6.26 Å². The molecule has 0 aromatic carbocycles. The first kappa shape index (κ1) is 13.8. The maximum absolute atomic E-state index is 12.3. The average molecular weight is 229 g/mol. The molecule has 3 nitrogen and oxygen atoms in total. The summed E-state index contributed by atoms with van der Waals surface area (Å²) < 4.78 is 46.1. The molecule has 0 fully saturated rings. The Labute approximate surface area is 83.8 Å². The van der Waals surface area contributed by atoms with Crippen LogP contribution < -0.4 is 5.32 Å². The maximum atomic E-state index is 12.3. The van der Waals surface area contributed by atoms with Gasteiger partial charge in [-0.05, 0) is 19.4 Å². The van der Waals surface area contributed by atoms with Crippen LogP contribution in [0.1, 0.15) is 19.8 Å². The van der Waals surface area contributed by atoms with Gasteiger partial charge in [-0.2, -0.15) is 0 Å². The Kier molecular flexibility index (Phi) is 6.19. The average Bonchev–Trinajstić information content (AvgIpc) is 2.00. The van der Waals surface area contributed by atoms with Gasteiger partial charge in [-0.3, -0.25) is 0 Å². The Balaban J connectivity index is 3.83. The Morgan fingerprint density at radius 2 is 1.93 bits per heavy atom. The van der Waals surface area contributed by atoms with Crippen LogP contribution in [0.15, 0.2) is 0 Å². The predicted octanol–water partition coefficient (Wildman–Crippen LogP) is 1.05. The summed E-state index contributed by atoms with van der Waals surface area (Å²) in [6, 6.07) is -0.887. The lowest BCUT2D eigenvalue weighted by Gasteiger charge is -2.16. The Morgan fingerprint density at radius 1 is 1.36 bits per heavy atom. The van der Waals surface area contributed by atoms with Crippen molar-refractivity contribution in [3.8, 4) is 0 Å². The summed E-state index contributed by atoms with van der Waals surface area (Å²) in [6.45, 7) is 2.21. The number of hydrogen-bond donors (Lipinski definition) is 1. The second-order valence-corrected chi connectivity index (χ2v) is 5.53. The van der Waals surface area contributed by atoms with E-state index in [1.807, 2.05) is 0 Å². The van der Waals surface area contributed by atoms with Crippen molar-refractivity contribution in [3.63, 3.8) is 0 Å². The number of alkyl halides is 2. The van der Waals surface area contributed by atoms with Gasteiger partial charge in [0.25, 0.3) is 6.43 Å². The van der Waals surface area contributed by atoms with E-state index >= 15 is 0 Å². The minimum absolute atomic E-state index is 0.0262. The van der Waals surface area contributed by atoms with Crippen molar-refractivity contribution in [2.24, 2.45) is 0 Å². The summed E-state index contributed by atoms with van der Waals surface area (Å²) in [7, 11) is -3.03. The van der Waals surface area contributed by atoms with Crippen molar-refractivity contribution in [1.29, 1.82) is 0 Å². The molecule has 14 heavy (non-hydrogen) atoms. The fourth-order valence-electron chi connectivity index (χ4n) is 1.14. The molecular formula is C8H17F2NO2S. The maximum Gasteiger partial charge on any atom is 0.253 e. The summed E-state index contributed by atoms with van der Waals surface area (Å²) in [6.07, 6.45) is -0.855. The minimum atomic E-state index is -3.03. The van der Waals surface area contributed by atoms with E-state index in [-0.39, 0.29) is 18.6 Å². The van der Waals surface area contributed by atoms with Crippen LogP contribution in [-0.2, 0) is 9.84 Å². The molecule has 0 bridgehead atoms. The molecule has 0 aromatic heterocycles. The molecular weight excluding hydrogens is 212 g/mol. The first-order valence-electron chi connectivity index (χ1n) is 4.56. The molecule has 0 heterocycles. The van der Waals surface area contributed by atoms with E-state index in [0.29, 0.717) is 6.54 Å². The van der Waals surface area contributed by atoms with Crippen molar-refractivity contribution < 1.29 is 17.2 Å². The minimum Gasteiger partial charge on any atom is -0.309 e. The van der Waals surface area contributed by atoms with Crippen LogP contribution in [0.5, 0.6) is 0 Å². The third kappa shape index (κ3) is 7.20. The number of hydrogen-bond acceptors (Lipinski definition) is 3. The first-order valence-corrected chi connectivity index (χ1v) is 6.62. The van der Waals surface area contributed by atoms with Crippen molar-refractivity contribution in [2.75, 3.05) is 18.6 Å². The van der Waals surface area contributed by atoms with E-state index in [2.05, 4.69) is 5.32 Å². The smallest absolute Gasteiger partial charge is 0.253 e. The molecule has 1 N–H and O–H groups in total. The molecule has 0 radical (unpaired) electrons. The molecule has 0 aliphatic carbocycles. The molecule has 86 valence electrons. The van der Waals surface area contributed by atoms with Gasteiger partial charge in [0.15, 0.2) is 0 Å². The largest absolute Gasteiger partial charge is 0.309 e. The molecule has 6 heteroatoms. The fourth-order valence-corrected chi connectivity index (χ4v) is 1.84. The highest BCUT2D eigenvalue weighted by Gasteiger charge is 2.18. The van der Waals surface area contributed by atoms with E-state index in [9.17, 15) is 17.2 Å². The zero-order chi connectivity index (χ0) is 11.2. The fraction of sp³-hybridized carbons (Fsp3) is 1.00. The molecule has 1 unspecified atom stereocenters. The lowest BCUT2D eigenvalue weighted by molar-refractivity contribution is 0.0947. The second-order valence-electron chi connectivity index (χ2n) is 3.27. The van der Waals surface area contributed by atoms with Gasteiger partial charge in [0.1, 0.15) is 9.84 Å². The summed E-state index contributed by atoms with van der Waals surface area (Å²) in [4.78, 5) is 0. The van der Waals surface area contributed by atoms with Gasteiger partial charge in [-0.25, -0.2) is 17.2 Å². The molecule has 0 rings (SSSR count). The van der Waals surface area contributed by atoms with Crippen molar-refractivity contribution in [1.82, 2.24) is 5.32 Å². The molecule has 1 atom stereocenters. The summed E-state index contributed by atoms with van der Waals surface area (Å²) in [5.41, 5.74) is 0. The van der Waals surface area contributed by atoms with Gasteiger partial charge >= 0.3 is 0 Å². The van der Waals surface area contributed by atoms with E-state index in [1.165, 1.54) is 0 Å². The van der Waals surface area contributed by atoms with Gasteiger partial charge in [-0.1, -0.05) is 6.92 Å². The highest BCUT2D eigenvalue weighted by atomic mass is 32.2. The van der Waals surface area contributed by atoms with Crippen molar-refractivity contribution >= 4 is 9.84 Å². The standard InChI is InChI=1S/C8H17F2NO2S/c1-3-11-7(8(9)10)5-4-6-14(2,12)13/h7-8,11H,3-6H2,1-2H3. The van der Waals surface area contributed by atoms with E-state index < -0.39 is 22.3 Å². The summed E-state index contributed by atoms with van der Waals surface area (Å²) in [5.74, 6) is -0.0262. The SMILES string of the molecule is CCNC(CCCS(C)(=O)=O)C(F)F. The Bertz CT molecular complexity index is 242. The van der Waals surface area contributed by atoms with Crippen LogP contribution in [0.4, 0.5) is 8.78 Å².